The first-order valence-electron chi connectivity index (χ1n) is 6.96. The molecule has 0 amide bonds. The molecule has 0 aliphatic heterocycles. The minimum absolute atomic E-state index is 0.0509. The van der Waals surface area contributed by atoms with E-state index in [2.05, 4.69) is 4.98 Å². The second kappa shape index (κ2) is 4.55. The lowest BCUT2D eigenvalue weighted by Crippen LogP contribution is -2.21. The Balaban J connectivity index is 2.69. The topological polar surface area (TPSA) is 56.4 Å². The van der Waals surface area contributed by atoms with Gasteiger partial charge in [0, 0.05) is 12.6 Å². The van der Waals surface area contributed by atoms with Crippen LogP contribution in [0.4, 0.5) is 0 Å². The molecule has 2 aromatic heterocycles. The number of hydrogen-bond donors (Lipinski definition) is 0. The molecule has 3 rings (SSSR count). The molecule has 0 atom stereocenters. The molecule has 0 bridgehead atoms. The van der Waals surface area contributed by atoms with Crippen molar-refractivity contribution in [1.82, 2.24) is 14.0 Å². The number of rotatable bonds is 2. The van der Waals surface area contributed by atoms with Crippen molar-refractivity contribution < 1.29 is 4.79 Å². The van der Waals surface area contributed by atoms with Gasteiger partial charge in [-0.1, -0.05) is 6.92 Å². The van der Waals surface area contributed by atoms with Gasteiger partial charge in [-0.3, -0.25) is 18.6 Å². The number of imidazole rings is 1. The second-order valence-electron chi connectivity index (χ2n) is 5.37. The molecule has 0 N–H and O–H groups in total. The van der Waals surface area contributed by atoms with Crippen LogP contribution in [0, 0.1) is 6.92 Å². The summed E-state index contributed by atoms with van der Waals surface area (Å²) in [6.07, 6.45) is 2.42. The Bertz CT molecular complexity index is 948. The van der Waals surface area contributed by atoms with Crippen LogP contribution >= 0.6 is 0 Å². The first-order valence-corrected chi connectivity index (χ1v) is 6.96. The zero-order chi connectivity index (χ0) is 15.3. The van der Waals surface area contributed by atoms with Crippen molar-refractivity contribution in [1.29, 1.82) is 0 Å². The molecule has 108 valence electrons. The lowest BCUT2D eigenvalue weighted by Gasteiger charge is -2.11. The van der Waals surface area contributed by atoms with Crippen LogP contribution in [0.15, 0.2) is 23.3 Å². The first-order chi connectivity index (χ1) is 9.95. The summed E-state index contributed by atoms with van der Waals surface area (Å²) in [5.74, 6) is -0.0509. The number of aromatic nitrogens is 3. The number of carbonyl (C=O) groups excluding carboxylic acids is 1. The van der Waals surface area contributed by atoms with Crippen molar-refractivity contribution in [2.75, 3.05) is 0 Å². The van der Waals surface area contributed by atoms with Crippen molar-refractivity contribution in [2.45, 2.75) is 27.2 Å². The molecule has 2 heterocycles. The third-order valence-corrected chi connectivity index (χ3v) is 3.88. The summed E-state index contributed by atoms with van der Waals surface area (Å²) in [6.45, 7) is 5.41. The molecule has 0 fully saturated rings. The van der Waals surface area contributed by atoms with E-state index in [4.69, 9.17) is 0 Å². The van der Waals surface area contributed by atoms with E-state index in [9.17, 15) is 9.59 Å². The predicted molar refractivity (Wildman–Crippen MR) is 82.1 cm³/mol. The molecule has 5 nitrogen and oxygen atoms in total. The molecule has 5 heteroatoms. The zero-order valence-corrected chi connectivity index (χ0v) is 12.6. The van der Waals surface area contributed by atoms with Gasteiger partial charge >= 0.3 is 0 Å². The lowest BCUT2D eigenvalue weighted by molar-refractivity contribution is 0.101. The highest BCUT2D eigenvalue weighted by Crippen LogP contribution is 2.22. The molecule has 0 spiro atoms. The molecule has 0 unspecified atom stereocenters. The number of carbonyl (C=O) groups is 1. The summed E-state index contributed by atoms with van der Waals surface area (Å²) < 4.78 is 3.46. The van der Waals surface area contributed by atoms with E-state index in [0.717, 1.165) is 23.3 Å². The Morgan fingerprint density at radius 3 is 2.67 bits per heavy atom. The third kappa shape index (κ3) is 1.81. The van der Waals surface area contributed by atoms with Gasteiger partial charge in [-0.15, -0.1) is 0 Å². The van der Waals surface area contributed by atoms with Crippen LogP contribution in [0.2, 0.25) is 0 Å². The average molecular weight is 283 g/mol. The second-order valence-corrected chi connectivity index (χ2v) is 5.37. The molecular formula is C16H17N3O2. The largest absolute Gasteiger partial charge is 0.295 e. The van der Waals surface area contributed by atoms with Crippen molar-refractivity contribution >= 4 is 22.3 Å². The summed E-state index contributed by atoms with van der Waals surface area (Å²) in [5, 5.41) is 0.551. The van der Waals surface area contributed by atoms with Crippen LogP contribution in [0.25, 0.3) is 16.6 Å². The molecule has 21 heavy (non-hydrogen) atoms. The van der Waals surface area contributed by atoms with Crippen LogP contribution in [0.1, 0.15) is 35.5 Å². The maximum atomic E-state index is 12.6. The Labute approximate surface area is 121 Å². The number of benzene rings is 1. The summed E-state index contributed by atoms with van der Waals surface area (Å²) in [7, 11) is 1.74. The van der Waals surface area contributed by atoms with Crippen LogP contribution in [0.3, 0.4) is 0 Å². The minimum Gasteiger partial charge on any atom is -0.295 e. The fourth-order valence-electron chi connectivity index (χ4n) is 2.89. The fourth-order valence-corrected chi connectivity index (χ4v) is 2.89. The zero-order valence-electron chi connectivity index (χ0n) is 12.6. The van der Waals surface area contributed by atoms with Gasteiger partial charge < -0.3 is 0 Å². The van der Waals surface area contributed by atoms with Gasteiger partial charge in [-0.05, 0) is 38.0 Å². The lowest BCUT2D eigenvalue weighted by atomic mass is 10.0. The molecule has 0 aliphatic rings. The summed E-state index contributed by atoms with van der Waals surface area (Å²) in [5.41, 5.74) is 3.62. The third-order valence-electron chi connectivity index (χ3n) is 3.88. The molecule has 3 aromatic rings. The number of ketones is 1. The van der Waals surface area contributed by atoms with Crippen LogP contribution in [-0.4, -0.2) is 19.7 Å². The molecule has 0 aliphatic carbocycles. The summed E-state index contributed by atoms with van der Waals surface area (Å²) >= 11 is 0. The Morgan fingerprint density at radius 2 is 2.05 bits per heavy atom. The van der Waals surface area contributed by atoms with E-state index < -0.39 is 0 Å². The number of hydrogen-bond acceptors (Lipinski definition) is 3. The highest BCUT2D eigenvalue weighted by Gasteiger charge is 2.17. The number of nitrogens with zero attached hydrogens (tertiary/aromatic N) is 3. The Hall–Kier alpha value is -2.43. The van der Waals surface area contributed by atoms with Gasteiger partial charge in [0.2, 0.25) is 0 Å². The average Bonchev–Trinajstić information content (AvgIpc) is 2.87. The monoisotopic (exact) mass is 283 g/mol. The SMILES string of the molecule is CCc1ncn2c3c(C(C)=O)cc(C)cc3c(=O)n(C)c12. The molecule has 0 saturated carbocycles. The predicted octanol–water partition coefficient (Wildman–Crippen LogP) is 2.26. The molecule has 0 saturated heterocycles. The van der Waals surface area contributed by atoms with Crippen molar-refractivity contribution in [2.24, 2.45) is 7.05 Å². The van der Waals surface area contributed by atoms with Crippen molar-refractivity contribution in [3.63, 3.8) is 0 Å². The number of fused-ring (bicyclic) bond motifs is 3. The van der Waals surface area contributed by atoms with Gasteiger partial charge in [0.05, 0.1) is 16.6 Å². The quantitative estimate of drug-likeness (QED) is 0.678. The number of Topliss-reactive ketones (excluding diaryl/α,β-unsaturated/α-hetero) is 1. The van der Waals surface area contributed by atoms with Gasteiger partial charge in [0.1, 0.15) is 12.0 Å². The highest BCUT2D eigenvalue weighted by atomic mass is 16.1. The molecular weight excluding hydrogens is 266 g/mol. The molecule has 0 radical (unpaired) electrons. The highest BCUT2D eigenvalue weighted by molar-refractivity contribution is 6.06. The first kappa shape index (κ1) is 13.5. The van der Waals surface area contributed by atoms with Crippen molar-refractivity contribution in [3.8, 4) is 0 Å². The number of aryl methyl sites for hydroxylation is 3. The summed E-state index contributed by atoms with van der Waals surface area (Å²) in [4.78, 5) is 29.0. The van der Waals surface area contributed by atoms with Gasteiger partial charge in [0.15, 0.2) is 5.78 Å². The maximum absolute atomic E-state index is 12.6. The summed E-state index contributed by atoms with van der Waals surface area (Å²) in [6, 6.07) is 3.66. The van der Waals surface area contributed by atoms with E-state index in [-0.39, 0.29) is 11.3 Å². The smallest absolute Gasteiger partial charge is 0.261 e. The minimum atomic E-state index is -0.0982. The standard InChI is InChI=1S/C16H17N3O2/c1-5-13-15-18(4)16(21)12-7-9(2)6-11(10(3)20)14(12)19(15)8-17-13/h6-8H,5H2,1-4H3. The van der Waals surface area contributed by atoms with Gasteiger partial charge in [-0.2, -0.15) is 0 Å². The van der Waals surface area contributed by atoms with E-state index in [1.54, 1.807) is 17.9 Å². The van der Waals surface area contributed by atoms with Crippen molar-refractivity contribution in [3.05, 3.63) is 45.6 Å². The van der Waals surface area contributed by atoms with Gasteiger partial charge in [0.25, 0.3) is 5.56 Å². The van der Waals surface area contributed by atoms with E-state index in [1.807, 2.05) is 30.4 Å². The van der Waals surface area contributed by atoms with Gasteiger partial charge in [-0.25, -0.2) is 4.98 Å². The van der Waals surface area contributed by atoms with E-state index in [1.165, 1.54) is 6.92 Å². The van der Waals surface area contributed by atoms with Crippen LogP contribution in [-0.2, 0) is 13.5 Å². The normalized spacial score (nSPS) is 11.4. The maximum Gasteiger partial charge on any atom is 0.261 e. The van der Waals surface area contributed by atoms with Crippen LogP contribution in [0.5, 0.6) is 0 Å². The Kier molecular flexibility index (Phi) is 2.93. The fraction of sp³-hybridized carbons (Fsp3) is 0.312. The van der Waals surface area contributed by atoms with Crippen LogP contribution < -0.4 is 5.56 Å². The van der Waals surface area contributed by atoms with E-state index >= 15 is 0 Å². The Morgan fingerprint density at radius 1 is 1.33 bits per heavy atom. The molecule has 1 aromatic carbocycles. The van der Waals surface area contributed by atoms with E-state index in [0.29, 0.717) is 16.5 Å².